The molecular formula is C17H25N3O. The summed E-state index contributed by atoms with van der Waals surface area (Å²) in [6.07, 6.45) is 1.05. The van der Waals surface area contributed by atoms with Gasteiger partial charge in [0, 0.05) is 38.8 Å². The zero-order valence-corrected chi connectivity index (χ0v) is 13.0. The van der Waals surface area contributed by atoms with Crippen LogP contribution < -0.4 is 5.32 Å². The van der Waals surface area contributed by atoms with Crippen LogP contribution in [0.4, 0.5) is 0 Å². The molecule has 1 N–H and O–H groups in total. The number of benzene rings is 1. The minimum atomic E-state index is -0.0288. The maximum absolute atomic E-state index is 12.8. The number of nitrogens with one attached hydrogen (secondary N) is 1. The van der Waals surface area contributed by atoms with Gasteiger partial charge in [-0.25, -0.2) is 0 Å². The lowest BCUT2D eigenvalue weighted by Gasteiger charge is -2.39. The number of rotatable bonds is 2. The standard InChI is InChI=1S/C17H25N3O/c1-13-11-18-8-10-20(13)17(21)14(2)19-9-7-15-5-3-4-6-16(15)12-19/h3-6,13-14,18H,7-12H2,1-2H3/t13-,14?/m1/s1. The first-order valence-electron chi connectivity index (χ1n) is 7.99. The topological polar surface area (TPSA) is 35.6 Å². The molecule has 0 spiro atoms. The van der Waals surface area contributed by atoms with Gasteiger partial charge in [0.15, 0.2) is 0 Å². The van der Waals surface area contributed by atoms with Crippen molar-refractivity contribution < 1.29 is 4.79 Å². The summed E-state index contributed by atoms with van der Waals surface area (Å²) in [5.74, 6) is 0.281. The molecule has 0 saturated carbocycles. The smallest absolute Gasteiger partial charge is 0.239 e. The number of nitrogens with zero attached hydrogens (tertiary/aromatic N) is 2. The SMILES string of the molecule is CC(C(=O)N1CCNC[C@H]1C)N1CCc2ccccc2C1. The molecule has 2 heterocycles. The minimum Gasteiger partial charge on any atom is -0.336 e. The zero-order valence-electron chi connectivity index (χ0n) is 13.0. The summed E-state index contributed by atoms with van der Waals surface area (Å²) in [5.41, 5.74) is 2.81. The van der Waals surface area contributed by atoms with E-state index in [-0.39, 0.29) is 11.9 Å². The second kappa shape index (κ2) is 6.16. The van der Waals surface area contributed by atoms with Crippen molar-refractivity contribution in [2.45, 2.75) is 38.9 Å². The molecule has 3 rings (SSSR count). The van der Waals surface area contributed by atoms with Crippen molar-refractivity contribution in [3.05, 3.63) is 35.4 Å². The monoisotopic (exact) mass is 287 g/mol. The van der Waals surface area contributed by atoms with E-state index in [1.54, 1.807) is 0 Å². The van der Waals surface area contributed by atoms with E-state index >= 15 is 0 Å². The normalized spacial score (nSPS) is 24.5. The number of carbonyl (C=O) groups is 1. The predicted molar refractivity (Wildman–Crippen MR) is 84.1 cm³/mol. The number of hydrogen-bond acceptors (Lipinski definition) is 3. The van der Waals surface area contributed by atoms with Crippen LogP contribution in [0.3, 0.4) is 0 Å². The lowest BCUT2D eigenvalue weighted by molar-refractivity contribution is -0.139. The van der Waals surface area contributed by atoms with Gasteiger partial charge < -0.3 is 10.2 Å². The van der Waals surface area contributed by atoms with E-state index in [4.69, 9.17) is 0 Å². The number of amides is 1. The Balaban J connectivity index is 1.68. The highest BCUT2D eigenvalue weighted by atomic mass is 16.2. The molecule has 2 aliphatic rings. The first kappa shape index (κ1) is 14.5. The van der Waals surface area contributed by atoms with Crippen LogP contribution >= 0.6 is 0 Å². The molecule has 0 bridgehead atoms. The van der Waals surface area contributed by atoms with Gasteiger partial charge in [-0.1, -0.05) is 24.3 Å². The first-order valence-corrected chi connectivity index (χ1v) is 7.99. The zero-order chi connectivity index (χ0) is 14.8. The largest absolute Gasteiger partial charge is 0.336 e. The average Bonchev–Trinajstić information content (AvgIpc) is 2.53. The van der Waals surface area contributed by atoms with Crippen molar-refractivity contribution in [1.29, 1.82) is 0 Å². The molecule has 1 unspecified atom stereocenters. The van der Waals surface area contributed by atoms with E-state index in [9.17, 15) is 4.79 Å². The molecular weight excluding hydrogens is 262 g/mol. The highest BCUT2D eigenvalue weighted by molar-refractivity contribution is 5.82. The molecule has 21 heavy (non-hydrogen) atoms. The van der Waals surface area contributed by atoms with Crippen LogP contribution in [0, 0.1) is 0 Å². The third-order valence-corrected chi connectivity index (χ3v) is 4.85. The van der Waals surface area contributed by atoms with E-state index in [1.807, 2.05) is 4.90 Å². The van der Waals surface area contributed by atoms with Crippen molar-refractivity contribution in [2.24, 2.45) is 0 Å². The molecule has 0 aromatic heterocycles. The van der Waals surface area contributed by atoms with E-state index < -0.39 is 0 Å². The minimum absolute atomic E-state index is 0.0288. The number of carbonyl (C=O) groups excluding carboxylic acids is 1. The summed E-state index contributed by atoms with van der Waals surface area (Å²) in [5, 5.41) is 3.34. The van der Waals surface area contributed by atoms with Gasteiger partial charge in [-0.3, -0.25) is 9.69 Å². The lowest BCUT2D eigenvalue weighted by Crippen LogP contribution is -2.57. The third-order valence-electron chi connectivity index (χ3n) is 4.85. The summed E-state index contributed by atoms with van der Waals surface area (Å²) in [7, 11) is 0. The van der Waals surface area contributed by atoms with Crippen molar-refractivity contribution >= 4 is 5.91 Å². The summed E-state index contributed by atoms with van der Waals surface area (Å²) < 4.78 is 0. The molecule has 1 aromatic rings. The maximum atomic E-state index is 12.8. The van der Waals surface area contributed by atoms with Crippen LogP contribution in [0.5, 0.6) is 0 Å². The van der Waals surface area contributed by atoms with Gasteiger partial charge in [0.1, 0.15) is 0 Å². The first-order chi connectivity index (χ1) is 10.2. The molecule has 114 valence electrons. The Kier molecular flexibility index (Phi) is 4.27. The molecule has 1 fully saturated rings. The van der Waals surface area contributed by atoms with Crippen LogP contribution in [0.2, 0.25) is 0 Å². The van der Waals surface area contributed by atoms with Gasteiger partial charge in [-0.2, -0.15) is 0 Å². The van der Waals surface area contributed by atoms with Crippen LogP contribution in [0.25, 0.3) is 0 Å². The second-order valence-corrected chi connectivity index (χ2v) is 6.25. The fourth-order valence-corrected chi connectivity index (χ4v) is 3.41. The third kappa shape index (κ3) is 2.97. The molecule has 0 radical (unpaired) electrons. The molecule has 2 atom stereocenters. The highest BCUT2D eigenvalue weighted by Gasteiger charge is 2.31. The summed E-state index contributed by atoms with van der Waals surface area (Å²) >= 11 is 0. The van der Waals surface area contributed by atoms with E-state index in [0.29, 0.717) is 6.04 Å². The van der Waals surface area contributed by atoms with Gasteiger partial charge in [-0.05, 0) is 31.4 Å². The van der Waals surface area contributed by atoms with Gasteiger partial charge >= 0.3 is 0 Å². The Hall–Kier alpha value is -1.39. The molecule has 1 aromatic carbocycles. The van der Waals surface area contributed by atoms with E-state index in [2.05, 4.69) is 48.3 Å². The van der Waals surface area contributed by atoms with E-state index in [1.165, 1.54) is 11.1 Å². The van der Waals surface area contributed by atoms with Gasteiger partial charge in [-0.15, -0.1) is 0 Å². The summed E-state index contributed by atoms with van der Waals surface area (Å²) in [6.45, 7) is 8.70. The van der Waals surface area contributed by atoms with Crippen molar-refractivity contribution in [3.8, 4) is 0 Å². The van der Waals surface area contributed by atoms with Crippen LogP contribution in [-0.4, -0.2) is 54.0 Å². The lowest BCUT2D eigenvalue weighted by atomic mass is 9.98. The fourth-order valence-electron chi connectivity index (χ4n) is 3.41. The molecule has 2 aliphatic heterocycles. The van der Waals surface area contributed by atoms with Crippen molar-refractivity contribution in [2.75, 3.05) is 26.2 Å². The van der Waals surface area contributed by atoms with Crippen LogP contribution in [0.1, 0.15) is 25.0 Å². The molecule has 4 nitrogen and oxygen atoms in total. The van der Waals surface area contributed by atoms with Crippen molar-refractivity contribution in [1.82, 2.24) is 15.1 Å². The highest BCUT2D eigenvalue weighted by Crippen LogP contribution is 2.21. The second-order valence-electron chi connectivity index (χ2n) is 6.25. The predicted octanol–water partition coefficient (Wildman–Crippen LogP) is 1.25. The Bertz CT molecular complexity index is 517. The maximum Gasteiger partial charge on any atom is 0.239 e. The Labute approximate surface area is 127 Å². The van der Waals surface area contributed by atoms with Gasteiger partial charge in [0.05, 0.1) is 6.04 Å². The number of hydrogen-bond donors (Lipinski definition) is 1. The average molecular weight is 287 g/mol. The molecule has 0 aliphatic carbocycles. The van der Waals surface area contributed by atoms with Gasteiger partial charge in [0.25, 0.3) is 0 Å². The summed E-state index contributed by atoms with van der Waals surface area (Å²) in [6, 6.07) is 8.85. The Morgan fingerprint density at radius 3 is 2.81 bits per heavy atom. The Morgan fingerprint density at radius 2 is 2.05 bits per heavy atom. The Morgan fingerprint density at radius 1 is 1.29 bits per heavy atom. The molecule has 1 amide bonds. The number of piperazine rings is 1. The van der Waals surface area contributed by atoms with Crippen LogP contribution in [0.15, 0.2) is 24.3 Å². The van der Waals surface area contributed by atoms with Gasteiger partial charge in [0.2, 0.25) is 5.91 Å². The number of fused-ring (bicyclic) bond motifs is 1. The quantitative estimate of drug-likeness (QED) is 0.889. The fraction of sp³-hybridized carbons (Fsp3) is 0.588. The molecule has 4 heteroatoms. The van der Waals surface area contributed by atoms with Crippen molar-refractivity contribution in [3.63, 3.8) is 0 Å². The summed E-state index contributed by atoms with van der Waals surface area (Å²) in [4.78, 5) is 17.1. The van der Waals surface area contributed by atoms with E-state index in [0.717, 1.165) is 39.1 Å². The molecule has 1 saturated heterocycles. The van der Waals surface area contributed by atoms with Crippen LogP contribution in [-0.2, 0) is 17.8 Å².